The summed E-state index contributed by atoms with van der Waals surface area (Å²) in [6.45, 7) is 19.6. The number of carbonyl (C=O) groups excluding carboxylic acids is 1. The number of hydrogen-bond acceptors (Lipinski definition) is 19. The van der Waals surface area contributed by atoms with Crippen LogP contribution < -0.4 is 0 Å². The Balaban J connectivity index is 0.668. The van der Waals surface area contributed by atoms with E-state index in [0.717, 1.165) is 30.4 Å². The molecule has 16 heterocycles. The van der Waals surface area contributed by atoms with E-state index in [1.54, 1.807) is 0 Å². The van der Waals surface area contributed by atoms with Crippen LogP contribution in [0.5, 0.6) is 0 Å². The maximum atomic E-state index is 14.6. The predicted octanol–water partition coefficient (Wildman–Crippen LogP) is 4.93. The summed E-state index contributed by atoms with van der Waals surface area (Å²) in [6, 6.07) is 0. The minimum atomic E-state index is -1.35. The van der Waals surface area contributed by atoms with E-state index in [4.69, 9.17) is 71.1 Å². The van der Waals surface area contributed by atoms with Gasteiger partial charge in [-0.25, -0.2) is 0 Å². The molecule has 0 aromatic rings. The minimum Gasteiger partial charge on any atom is -0.459 e. The summed E-state index contributed by atoms with van der Waals surface area (Å²) in [5.41, 5.74) is 1.05. The van der Waals surface area contributed by atoms with E-state index in [1.807, 2.05) is 6.92 Å². The van der Waals surface area contributed by atoms with Crippen LogP contribution in [0.25, 0.3) is 0 Å². The van der Waals surface area contributed by atoms with Crippen molar-refractivity contribution in [3.63, 3.8) is 0 Å². The first-order valence-electron chi connectivity index (χ1n) is 30.7. The molecule has 0 aromatic carbocycles. The van der Waals surface area contributed by atoms with Gasteiger partial charge in [-0.15, -0.1) is 0 Å². The van der Waals surface area contributed by atoms with Crippen LogP contribution in [-0.4, -0.2) is 197 Å². The summed E-state index contributed by atoms with van der Waals surface area (Å²) < 4.78 is 103. The van der Waals surface area contributed by atoms with Gasteiger partial charge in [0, 0.05) is 63.9 Å². The van der Waals surface area contributed by atoms with Gasteiger partial charge in [-0.05, 0) is 87.2 Å². The van der Waals surface area contributed by atoms with E-state index in [1.165, 1.54) is 0 Å². The quantitative estimate of drug-likeness (QED) is 0.252. The smallest absolute Gasteiger partial charge is 0.308 e. The van der Waals surface area contributed by atoms with Gasteiger partial charge in [0.15, 0.2) is 17.4 Å². The second-order valence-electron chi connectivity index (χ2n) is 27.7. The SMILES string of the molecule is C=C1CC2CCC34OC5C6OC(CCC6OC6C5OC(C)(C6O3)C4O)CC(=O)OC3C(CC4OC(CCC1O2)CC(C)C4=C)OC1CC2OC4(CC2OC1C3C)CC1OC2(CC(C)C3OC(C(O)CCO)CC3O2)CC(C)C1O4. The van der Waals surface area contributed by atoms with Gasteiger partial charge < -0.3 is 86.4 Å². The molecule has 16 aliphatic rings. The summed E-state index contributed by atoms with van der Waals surface area (Å²) >= 11 is 0. The van der Waals surface area contributed by atoms with Gasteiger partial charge in [-0.3, -0.25) is 4.79 Å². The molecule has 0 saturated carbocycles. The normalized spacial score (nSPS) is 58.7. The van der Waals surface area contributed by atoms with E-state index in [9.17, 15) is 20.1 Å². The lowest BCUT2D eigenvalue weighted by Gasteiger charge is -2.50. The summed E-state index contributed by atoms with van der Waals surface area (Å²) in [5.74, 6) is -3.24. The van der Waals surface area contributed by atoms with Crippen molar-refractivity contribution in [1.82, 2.24) is 0 Å². The largest absolute Gasteiger partial charge is 0.459 e. The fraction of sp³-hybridized carbons (Fsp3) is 0.917. The molecule has 19 nitrogen and oxygen atoms in total. The van der Waals surface area contributed by atoms with Crippen LogP contribution in [0.4, 0.5) is 0 Å². The minimum absolute atomic E-state index is 0.0198. The number of ether oxygens (including phenoxy) is 15. The fourth-order valence-electron chi connectivity index (χ4n) is 18.4. The number of carbonyl (C=O) groups is 1. The molecule has 79 heavy (non-hydrogen) atoms. The topological polar surface area (TPSA) is 216 Å². The first-order valence-corrected chi connectivity index (χ1v) is 30.7. The average molecular weight is 1110 g/mol. The molecule has 0 aromatic heterocycles. The monoisotopic (exact) mass is 1110 g/mol. The third-order valence-corrected chi connectivity index (χ3v) is 22.2. The van der Waals surface area contributed by atoms with Gasteiger partial charge >= 0.3 is 5.97 Å². The molecule has 3 N–H and O–H groups in total. The number of aliphatic hydroxyl groups excluding tert-OH is 3. The Labute approximate surface area is 463 Å². The number of aliphatic hydroxyl groups is 3. The third kappa shape index (κ3) is 8.83. The first kappa shape index (κ1) is 54.0. The standard InChI is InChI=1S/C60H86O19/c1-26-16-32-8-10-36-27(2)17-34(65-36)12-14-60-56(64)57(7)55(79-60)54-53(76-57)52(78-60)51-37(69-54)11-9-33(67-51)18-46(63)72-50-31(6)49-42(68-41(50)19-38(66-32)30(26)5)21-40-44(71-49)24-59(73-40)25-45-48(77-59)29(4)23-58(75-45)22-28(3)47-43(74-58)20-39(70-47)35(62)13-15-61/h26,28-29,31-45,47-56,61-62,64H,2,5,8-25H2,1,3-4,6-7H3. The molecule has 440 valence electrons. The van der Waals surface area contributed by atoms with Crippen molar-refractivity contribution in [2.45, 2.75) is 313 Å². The van der Waals surface area contributed by atoms with Crippen LogP contribution in [0.15, 0.2) is 24.3 Å². The maximum absolute atomic E-state index is 14.6. The van der Waals surface area contributed by atoms with E-state index in [0.29, 0.717) is 77.0 Å². The molecule has 16 rings (SSSR count). The maximum Gasteiger partial charge on any atom is 0.308 e. The van der Waals surface area contributed by atoms with Crippen LogP contribution in [0.1, 0.15) is 144 Å². The van der Waals surface area contributed by atoms with E-state index < -0.39 is 90.1 Å². The molecule has 16 fully saturated rings. The lowest BCUT2D eigenvalue weighted by molar-refractivity contribution is -0.347. The van der Waals surface area contributed by atoms with Gasteiger partial charge in [0.25, 0.3) is 0 Å². The Morgan fingerprint density at radius 3 is 2.11 bits per heavy atom. The second-order valence-corrected chi connectivity index (χ2v) is 27.7. The zero-order valence-corrected chi connectivity index (χ0v) is 46.7. The highest BCUT2D eigenvalue weighted by atomic mass is 16.8. The third-order valence-electron chi connectivity index (χ3n) is 22.2. The van der Waals surface area contributed by atoms with Crippen molar-refractivity contribution in [3.05, 3.63) is 24.3 Å². The van der Waals surface area contributed by atoms with Gasteiger partial charge in [-0.1, -0.05) is 40.9 Å². The fourth-order valence-corrected chi connectivity index (χ4v) is 18.4. The number of fused-ring (bicyclic) bond motifs is 10. The molecule has 12 bridgehead atoms. The molecule has 16 aliphatic heterocycles. The van der Waals surface area contributed by atoms with Crippen LogP contribution >= 0.6 is 0 Å². The lowest BCUT2D eigenvalue weighted by atomic mass is 9.79. The van der Waals surface area contributed by atoms with Crippen molar-refractivity contribution in [2.75, 3.05) is 6.61 Å². The van der Waals surface area contributed by atoms with E-state index >= 15 is 0 Å². The summed E-state index contributed by atoms with van der Waals surface area (Å²) in [7, 11) is 0. The summed E-state index contributed by atoms with van der Waals surface area (Å²) in [5, 5.41) is 32.3. The number of rotatable bonds is 3. The molecule has 0 radical (unpaired) electrons. The molecule has 32 unspecified atom stereocenters. The zero-order chi connectivity index (χ0) is 54.2. The number of hydrogen-bond donors (Lipinski definition) is 3. The summed E-state index contributed by atoms with van der Waals surface area (Å²) in [4.78, 5) is 14.6. The first-order chi connectivity index (χ1) is 37.9. The highest BCUT2D eigenvalue weighted by Gasteiger charge is 2.77. The second kappa shape index (κ2) is 19.7. The molecular formula is C60H86O19. The predicted molar refractivity (Wildman–Crippen MR) is 274 cm³/mol. The van der Waals surface area contributed by atoms with Gasteiger partial charge in [-0.2, -0.15) is 0 Å². The highest BCUT2D eigenvalue weighted by Crippen LogP contribution is 2.60. The van der Waals surface area contributed by atoms with Crippen LogP contribution in [0.3, 0.4) is 0 Å². The van der Waals surface area contributed by atoms with Crippen molar-refractivity contribution >= 4 is 5.97 Å². The Kier molecular flexibility index (Phi) is 13.4. The Morgan fingerprint density at radius 1 is 0.570 bits per heavy atom. The Morgan fingerprint density at radius 2 is 1.28 bits per heavy atom. The molecule has 0 amide bonds. The van der Waals surface area contributed by atoms with Crippen molar-refractivity contribution in [2.24, 2.45) is 23.7 Å². The Bertz CT molecular complexity index is 2380. The van der Waals surface area contributed by atoms with Gasteiger partial charge in [0.2, 0.25) is 0 Å². The molecular weight excluding hydrogens is 1020 g/mol. The highest BCUT2D eigenvalue weighted by molar-refractivity contribution is 5.70. The summed E-state index contributed by atoms with van der Waals surface area (Å²) in [6.07, 6.45) is 0.0588. The Hall–Kier alpha value is -1.73. The molecule has 32 atom stereocenters. The van der Waals surface area contributed by atoms with Crippen LogP contribution in [0.2, 0.25) is 0 Å². The van der Waals surface area contributed by atoms with Crippen LogP contribution in [0, 0.1) is 23.7 Å². The van der Waals surface area contributed by atoms with Crippen molar-refractivity contribution in [3.8, 4) is 0 Å². The van der Waals surface area contributed by atoms with Crippen molar-refractivity contribution in [1.29, 1.82) is 0 Å². The molecule has 16 saturated heterocycles. The van der Waals surface area contributed by atoms with E-state index in [2.05, 4.69) is 40.9 Å². The molecule has 19 heteroatoms. The molecule has 3 spiro atoms. The van der Waals surface area contributed by atoms with Gasteiger partial charge in [0.1, 0.15) is 48.3 Å². The van der Waals surface area contributed by atoms with Gasteiger partial charge in [0.05, 0.1) is 110 Å². The molecule has 0 aliphatic carbocycles. The zero-order valence-electron chi connectivity index (χ0n) is 46.7. The van der Waals surface area contributed by atoms with E-state index in [-0.39, 0.29) is 128 Å². The van der Waals surface area contributed by atoms with Crippen LogP contribution in [-0.2, 0) is 75.8 Å². The lowest BCUT2D eigenvalue weighted by Crippen LogP contribution is -2.63. The number of esters is 1. The average Bonchev–Trinajstić information content (AvgIpc) is 2.93. The van der Waals surface area contributed by atoms with Crippen molar-refractivity contribution < 1.29 is 91.2 Å².